The third-order valence-corrected chi connectivity index (χ3v) is 4.81. The van der Waals surface area contributed by atoms with Crippen molar-refractivity contribution in [3.63, 3.8) is 0 Å². The van der Waals surface area contributed by atoms with Crippen LogP contribution in [0.1, 0.15) is 15.9 Å². The van der Waals surface area contributed by atoms with Gasteiger partial charge in [0.1, 0.15) is 5.52 Å². The number of rotatable bonds is 2. The van der Waals surface area contributed by atoms with E-state index in [0.29, 0.717) is 28.6 Å². The number of hydrogen-bond acceptors (Lipinski definition) is 3. The molecule has 0 aliphatic carbocycles. The Morgan fingerprint density at radius 2 is 1.88 bits per heavy atom. The normalized spacial score (nSPS) is 13.4. The maximum Gasteiger partial charge on any atom is 0.258 e. The number of anilines is 1. The van der Waals surface area contributed by atoms with Gasteiger partial charge in [-0.05, 0) is 48.0 Å². The Hall–Kier alpha value is -3.11. The summed E-state index contributed by atoms with van der Waals surface area (Å²) in [5.74, 6) is 0.523. The van der Waals surface area contributed by atoms with E-state index in [1.165, 1.54) is 0 Å². The molecule has 4 nitrogen and oxygen atoms in total. The number of oxazole rings is 1. The second-order valence-electron chi connectivity index (χ2n) is 6.23. The second-order valence-corrected chi connectivity index (χ2v) is 6.67. The lowest BCUT2D eigenvalue weighted by atomic mass is 10.1. The van der Waals surface area contributed by atoms with Gasteiger partial charge in [-0.3, -0.25) is 4.79 Å². The summed E-state index contributed by atoms with van der Waals surface area (Å²) < 4.78 is 5.84. The third kappa shape index (κ3) is 2.38. The van der Waals surface area contributed by atoms with E-state index in [-0.39, 0.29) is 5.91 Å². The number of fused-ring (bicyclic) bond motifs is 2. The number of benzene rings is 3. The molecular weight excluding hydrogens is 348 g/mol. The molecule has 0 atom stereocenters. The van der Waals surface area contributed by atoms with E-state index >= 15 is 0 Å². The highest BCUT2D eigenvalue weighted by atomic mass is 35.5. The zero-order valence-electron chi connectivity index (χ0n) is 13.6. The van der Waals surface area contributed by atoms with Crippen LogP contribution < -0.4 is 4.90 Å². The van der Waals surface area contributed by atoms with Crippen molar-refractivity contribution in [2.75, 3.05) is 4.90 Å². The molecule has 2 heterocycles. The van der Waals surface area contributed by atoms with Gasteiger partial charge in [0.15, 0.2) is 5.58 Å². The first kappa shape index (κ1) is 15.2. The fourth-order valence-corrected chi connectivity index (χ4v) is 3.46. The molecule has 0 N–H and O–H groups in total. The maximum absolute atomic E-state index is 12.7. The number of carbonyl (C=O) groups is 1. The summed E-state index contributed by atoms with van der Waals surface area (Å²) >= 11 is 6.02. The van der Waals surface area contributed by atoms with Crippen molar-refractivity contribution in [3.8, 4) is 11.5 Å². The first-order valence-electron chi connectivity index (χ1n) is 8.25. The van der Waals surface area contributed by atoms with E-state index in [1.54, 1.807) is 23.1 Å². The summed E-state index contributed by atoms with van der Waals surface area (Å²) in [4.78, 5) is 19.0. The molecule has 0 bridgehead atoms. The van der Waals surface area contributed by atoms with E-state index in [0.717, 1.165) is 22.4 Å². The highest BCUT2D eigenvalue weighted by Gasteiger charge is 2.28. The van der Waals surface area contributed by atoms with Gasteiger partial charge < -0.3 is 9.32 Å². The van der Waals surface area contributed by atoms with Crippen molar-refractivity contribution in [1.82, 2.24) is 4.98 Å². The Kier molecular flexibility index (Phi) is 3.33. The number of nitrogens with zero attached hydrogens (tertiary/aromatic N) is 2. The second kappa shape index (κ2) is 5.71. The number of halogens is 1. The van der Waals surface area contributed by atoms with Gasteiger partial charge in [0.05, 0.1) is 6.54 Å². The Morgan fingerprint density at radius 3 is 2.77 bits per heavy atom. The molecule has 126 valence electrons. The molecule has 4 aromatic rings. The van der Waals surface area contributed by atoms with Crippen LogP contribution >= 0.6 is 11.6 Å². The maximum atomic E-state index is 12.7. The number of carbonyl (C=O) groups excluding carboxylic acids is 1. The van der Waals surface area contributed by atoms with Gasteiger partial charge in [0, 0.05) is 21.8 Å². The van der Waals surface area contributed by atoms with E-state index in [9.17, 15) is 4.79 Å². The van der Waals surface area contributed by atoms with Crippen molar-refractivity contribution in [3.05, 3.63) is 82.9 Å². The van der Waals surface area contributed by atoms with Crippen LogP contribution in [-0.4, -0.2) is 10.9 Å². The van der Waals surface area contributed by atoms with Crippen LogP contribution in [0.15, 0.2) is 71.1 Å². The molecule has 5 rings (SSSR count). The van der Waals surface area contributed by atoms with Gasteiger partial charge in [-0.25, -0.2) is 4.98 Å². The summed E-state index contributed by atoms with van der Waals surface area (Å²) in [5, 5.41) is 0.617. The van der Waals surface area contributed by atoms with Crippen LogP contribution in [0.5, 0.6) is 0 Å². The molecule has 3 aromatic carbocycles. The summed E-state index contributed by atoms with van der Waals surface area (Å²) in [6, 6.07) is 20.7. The average molecular weight is 361 g/mol. The smallest absolute Gasteiger partial charge is 0.258 e. The van der Waals surface area contributed by atoms with Crippen molar-refractivity contribution in [1.29, 1.82) is 0 Å². The number of hydrogen-bond donors (Lipinski definition) is 0. The van der Waals surface area contributed by atoms with Crippen molar-refractivity contribution in [2.24, 2.45) is 0 Å². The molecule has 1 amide bonds. The molecule has 0 saturated heterocycles. The molecule has 0 spiro atoms. The van der Waals surface area contributed by atoms with Gasteiger partial charge in [0.25, 0.3) is 5.91 Å². The Morgan fingerprint density at radius 1 is 1.00 bits per heavy atom. The Bertz CT molecular complexity index is 1170. The molecular formula is C21H13ClN2O2. The zero-order chi connectivity index (χ0) is 17.7. The lowest BCUT2D eigenvalue weighted by Crippen LogP contribution is -2.22. The van der Waals surface area contributed by atoms with Crippen LogP contribution in [0.4, 0.5) is 5.69 Å². The quantitative estimate of drug-likeness (QED) is 0.486. The topological polar surface area (TPSA) is 46.3 Å². The van der Waals surface area contributed by atoms with Gasteiger partial charge in [0.2, 0.25) is 5.89 Å². The predicted molar refractivity (Wildman–Crippen MR) is 101 cm³/mol. The average Bonchev–Trinajstić information content (AvgIpc) is 3.23. The highest BCUT2D eigenvalue weighted by molar-refractivity contribution is 6.31. The first-order valence-corrected chi connectivity index (χ1v) is 8.63. The Balaban J connectivity index is 1.54. The van der Waals surface area contributed by atoms with Crippen LogP contribution in [0.3, 0.4) is 0 Å². The van der Waals surface area contributed by atoms with Crippen LogP contribution in [0.2, 0.25) is 5.02 Å². The summed E-state index contributed by atoms with van der Waals surface area (Å²) in [6.07, 6.45) is 0. The molecule has 0 radical (unpaired) electrons. The molecule has 5 heteroatoms. The van der Waals surface area contributed by atoms with Crippen LogP contribution in [0, 0.1) is 0 Å². The highest BCUT2D eigenvalue weighted by Crippen LogP contribution is 2.32. The zero-order valence-corrected chi connectivity index (χ0v) is 14.4. The fourth-order valence-electron chi connectivity index (χ4n) is 3.29. The Labute approximate surface area is 154 Å². The summed E-state index contributed by atoms with van der Waals surface area (Å²) in [7, 11) is 0. The van der Waals surface area contributed by atoms with Crippen molar-refractivity contribution in [2.45, 2.75) is 6.54 Å². The van der Waals surface area contributed by atoms with E-state index in [1.807, 2.05) is 48.5 Å². The first-order chi connectivity index (χ1) is 12.7. The number of aromatic nitrogens is 1. The summed E-state index contributed by atoms with van der Waals surface area (Å²) in [5.41, 5.74) is 4.83. The number of amides is 1. The van der Waals surface area contributed by atoms with Gasteiger partial charge >= 0.3 is 0 Å². The van der Waals surface area contributed by atoms with E-state index in [2.05, 4.69) is 4.98 Å². The van der Waals surface area contributed by atoms with E-state index < -0.39 is 0 Å². The fraction of sp³-hybridized carbons (Fsp3) is 0.0476. The molecule has 1 aliphatic rings. The molecule has 26 heavy (non-hydrogen) atoms. The monoisotopic (exact) mass is 360 g/mol. The largest absolute Gasteiger partial charge is 0.436 e. The lowest BCUT2D eigenvalue weighted by Gasteiger charge is -2.16. The molecule has 0 saturated carbocycles. The molecule has 0 unspecified atom stereocenters. The standard InChI is InChI=1S/C21H13ClN2O2/c22-15-8-9-19-18(11-15)23-20(26-19)13-5-3-6-16(10-13)24-12-14-4-1-2-7-17(14)21(24)25/h1-11H,12H2. The predicted octanol–water partition coefficient (Wildman–Crippen LogP) is 5.31. The van der Waals surface area contributed by atoms with E-state index in [4.69, 9.17) is 16.0 Å². The minimum atomic E-state index is 0.0158. The van der Waals surface area contributed by atoms with Crippen LogP contribution in [-0.2, 0) is 6.54 Å². The van der Waals surface area contributed by atoms with Crippen molar-refractivity contribution >= 4 is 34.3 Å². The minimum Gasteiger partial charge on any atom is -0.436 e. The van der Waals surface area contributed by atoms with Crippen molar-refractivity contribution < 1.29 is 9.21 Å². The van der Waals surface area contributed by atoms with Gasteiger partial charge in [-0.2, -0.15) is 0 Å². The third-order valence-electron chi connectivity index (χ3n) is 4.58. The molecule has 1 aliphatic heterocycles. The SMILES string of the molecule is O=C1c2ccccc2CN1c1cccc(-c2nc3cc(Cl)ccc3o2)c1. The van der Waals surface area contributed by atoms with Crippen LogP contribution in [0.25, 0.3) is 22.6 Å². The van der Waals surface area contributed by atoms with Gasteiger partial charge in [-0.1, -0.05) is 35.9 Å². The minimum absolute atomic E-state index is 0.0158. The summed E-state index contributed by atoms with van der Waals surface area (Å²) in [6.45, 7) is 0.571. The van der Waals surface area contributed by atoms with Gasteiger partial charge in [-0.15, -0.1) is 0 Å². The molecule has 0 fully saturated rings. The lowest BCUT2D eigenvalue weighted by molar-refractivity contribution is 0.0996. The molecule has 1 aromatic heterocycles.